The van der Waals surface area contributed by atoms with E-state index in [1.54, 1.807) is 32.0 Å². The van der Waals surface area contributed by atoms with E-state index < -0.39 is 5.25 Å². The fraction of sp³-hybridized carbons (Fsp3) is 0.391. The molecule has 0 spiro atoms. The number of nitrogens with zero attached hydrogens (tertiary/aromatic N) is 2. The van der Waals surface area contributed by atoms with E-state index in [2.05, 4.69) is 15.5 Å². The molecule has 9 nitrogen and oxygen atoms in total. The number of hydrogen-bond acceptors (Lipinski definition) is 10. The summed E-state index contributed by atoms with van der Waals surface area (Å²) in [5, 5.41) is 11.4. The third-order valence-corrected chi connectivity index (χ3v) is 7.70. The molecule has 1 N–H and O–H groups in total. The van der Waals surface area contributed by atoms with Crippen LogP contribution in [0.4, 0.5) is 5.00 Å². The second-order valence-electron chi connectivity index (χ2n) is 7.83. The van der Waals surface area contributed by atoms with Crippen LogP contribution in [0.15, 0.2) is 27.8 Å². The minimum Gasteiger partial charge on any atom is -0.462 e. The van der Waals surface area contributed by atoms with Crippen LogP contribution in [0.1, 0.15) is 47.5 Å². The molecule has 1 amide bonds. The van der Waals surface area contributed by atoms with Crippen molar-refractivity contribution in [3.8, 4) is 23.0 Å². The van der Waals surface area contributed by atoms with E-state index in [0.29, 0.717) is 33.5 Å². The molecule has 2 aliphatic rings. The number of fused-ring (bicyclic) bond motifs is 2. The molecular formula is C23H23N3O6S2. The molecule has 0 saturated carbocycles. The fourth-order valence-corrected chi connectivity index (χ4v) is 5.86. The van der Waals surface area contributed by atoms with Crippen LogP contribution in [-0.4, -0.2) is 40.7 Å². The zero-order valence-electron chi connectivity index (χ0n) is 18.7. The Morgan fingerprint density at radius 2 is 2.03 bits per heavy atom. The predicted molar refractivity (Wildman–Crippen MR) is 127 cm³/mol. The number of thiophene rings is 1. The Morgan fingerprint density at radius 1 is 1.21 bits per heavy atom. The van der Waals surface area contributed by atoms with Crippen molar-refractivity contribution >= 4 is 40.0 Å². The zero-order valence-corrected chi connectivity index (χ0v) is 20.3. The maximum absolute atomic E-state index is 13.0. The first kappa shape index (κ1) is 22.7. The zero-order chi connectivity index (χ0) is 23.7. The van der Waals surface area contributed by atoms with Crippen molar-refractivity contribution < 1.29 is 28.2 Å². The summed E-state index contributed by atoms with van der Waals surface area (Å²) in [4.78, 5) is 26.7. The van der Waals surface area contributed by atoms with Crippen LogP contribution in [0.2, 0.25) is 0 Å². The number of carbonyl (C=O) groups excluding carboxylic acids is 2. The van der Waals surface area contributed by atoms with Gasteiger partial charge in [-0.2, -0.15) is 0 Å². The second kappa shape index (κ2) is 9.67. The number of carbonyl (C=O) groups is 2. The van der Waals surface area contributed by atoms with Gasteiger partial charge in [0, 0.05) is 10.4 Å². The van der Waals surface area contributed by atoms with Gasteiger partial charge in [0.05, 0.1) is 17.4 Å². The second-order valence-corrected chi connectivity index (χ2v) is 10.2. The number of anilines is 1. The van der Waals surface area contributed by atoms with E-state index in [4.69, 9.17) is 18.6 Å². The number of ether oxygens (including phenoxy) is 3. The van der Waals surface area contributed by atoms with Crippen molar-refractivity contribution in [3.05, 3.63) is 34.2 Å². The number of hydrogen-bond donors (Lipinski definition) is 1. The van der Waals surface area contributed by atoms with Gasteiger partial charge in [0.15, 0.2) is 11.5 Å². The molecule has 1 aliphatic carbocycles. The molecule has 3 aromatic rings. The summed E-state index contributed by atoms with van der Waals surface area (Å²) in [6.07, 6.45) is 3.85. The maximum Gasteiger partial charge on any atom is 0.341 e. The van der Waals surface area contributed by atoms with Crippen molar-refractivity contribution in [1.82, 2.24) is 10.2 Å². The number of thioether (sulfide) groups is 1. The lowest BCUT2D eigenvalue weighted by atomic mass is 9.95. The Labute approximate surface area is 204 Å². The van der Waals surface area contributed by atoms with E-state index in [9.17, 15) is 9.59 Å². The van der Waals surface area contributed by atoms with Gasteiger partial charge in [-0.3, -0.25) is 4.79 Å². The van der Waals surface area contributed by atoms with Gasteiger partial charge in [-0.15, -0.1) is 21.5 Å². The first-order chi connectivity index (χ1) is 16.5. The number of esters is 1. The lowest BCUT2D eigenvalue weighted by Crippen LogP contribution is -2.23. The summed E-state index contributed by atoms with van der Waals surface area (Å²) in [6.45, 7) is 3.99. The van der Waals surface area contributed by atoms with Gasteiger partial charge in [0.1, 0.15) is 5.00 Å². The molecule has 1 aliphatic heterocycles. The molecule has 1 atom stereocenters. The van der Waals surface area contributed by atoms with Gasteiger partial charge in [0.2, 0.25) is 18.6 Å². The van der Waals surface area contributed by atoms with Gasteiger partial charge >= 0.3 is 5.97 Å². The molecule has 34 heavy (non-hydrogen) atoms. The molecule has 5 rings (SSSR count). The first-order valence-electron chi connectivity index (χ1n) is 11.1. The normalized spacial score (nSPS) is 15.0. The number of amides is 1. The van der Waals surface area contributed by atoms with E-state index in [-0.39, 0.29) is 30.5 Å². The van der Waals surface area contributed by atoms with Crippen LogP contribution in [0.25, 0.3) is 11.5 Å². The Balaban J connectivity index is 1.28. The van der Waals surface area contributed by atoms with Crippen molar-refractivity contribution in [2.24, 2.45) is 0 Å². The monoisotopic (exact) mass is 501 g/mol. The summed E-state index contributed by atoms with van der Waals surface area (Å²) in [5.41, 5.74) is 2.20. The van der Waals surface area contributed by atoms with Gasteiger partial charge in [-0.05, 0) is 63.3 Å². The largest absolute Gasteiger partial charge is 0.462 e. The Kier molecular flexibility index (Phi) is 6.46. The molecule has 1 unspecified atom stereocenters. The third-order valence-electron chi connectivity index (χ3n) is 5.56. The third kappa shape index (κ3) is 4.49. The highest BCUT2D eigenvalue weighted by Gasteiger charge is 2.29. The van der Waals surface area contributed by atoms with E-state index in [0.717, 1.165) is 47.9 Å². The van der Waals surface area contributed by atoms with Crippen LogP contribution in [-0.2, 0) is 22.4 Å². The van der Waals surface area contributed by atoms with Crippen molar-refractivity contribution in [2.75, 3.05) is 18.7 Å². The van der Waals surface area contributed by atoms with Gasteiger partial charge < -0.3 is 23.9 Å². The van der Waals surface area contributed by atoms with Gasteiger partial charge in [-0.1, -0.05) is 11.8 Å². The first-order valence-corrected chi connectivity index (χ1v) is 12.8. The minimum absolute atomic E-state index is 0.182. The van der Waals surface area contributed by atoms with E-state index >= 15 is 0 Å². The number of benzene rings is 1. The Morgan fingerprint density at radius 3 is 2.88 bits per heavy atom. The van der Waals surface area contributed by atoms with Crippen LogP contribution in [0, 0.1) is 0 Å². The molecule has 178 valence electrons. The summed E-state index contributed by atoms with van der Waals surface area (Å²) < 4.78 is 21.7. The number of aryl methyl sites for hydroxylation is 1. The topological polar surface area (TPSA) is 113 Å². The van der Waals surface area contributed by atoms with E-state index in [1.807, 2.05) is 0 Å². The Hall–Kier alpha value is -3.05. The van der Waals surface area contributed by atoms with Crippen molar-refractivity contribution in [2.45, 2.75) is 50.0 Å². The minimum atomic E-state index is -0.528. The molecular weight excluding hydrogens is 478 g/mol. The molecule has 1 aromatic carbocycles. The predicted octanol–water partition coefficient (Wildman–Crippen LogP) is 4.70. The molecule has 2 aromatic heterocycles. The van der Waals surface area contributed by atoms with Crippen LogP contribution in [0.3, 0.4) is 0 Å². The van der Waals surface area contributed by atoms with Crippen molar-refractivity contribution in [1.29, 1.82) is 0 Å². The van der Waals surface area contributed by atoms with Crippen LogP contribution < -0.4 is 14.8 Å². The number of aromatic nitrogens is 2. The average molecular weight is 502 g/mol. The molecule has 0 fully saturated rings. The molecule has 0 saturated heterocycles. The summed E-state index contributed by atoms with van der Waals surface area (Å²) >= 11 is 2.62. The van der Waals surface area contributed by atoms with Crippen LogP contribution >= 0.6 is 23.1 Å². The summed E-state index contributed by atoms with van der Waals surface area (Å²) in [6, 6.07) is 5.36. The maximum atomic E-state index is 13.0. The van der Waals surface area contributed by atoms with E-state index in [1.165, 1.54) is 11.3 Å². The highest BCUT2D eigenvalue weighted by Crippen LogP contribution is 2.39. The smallest absolute Gasteiger partial charge is 0.341 e. The average Bonchev–Trinajstić information content (AvgIpc) is 3.56. The molecule has 0 radical (unpaired) electrons. The highest BCUT2D eigenvalue weighted by atomic mass is 32.2. The van der Waals surface area contributed by atoms with Crippen LogP contribution in [0.5, 0.6) is 11.5 Å². The fourth-order valence-electron chi connectivity index (χ4n) is 3.90. The SMILES string of the molecule is CCOC(=O)c1c(NC(=O)C(C)Sc2nnc(-c3ccc4c(c3)OCO4)o2)sc2c1CCCC2. The standard InChI is InChI=1S/C23H23N3O6S2/c1-3-29-22(28)18-14-6-4-5-7-17(14)34-21(18)24-19(27)12(2)33-23-26-25-20(32-23)13-8-9-15-16(10-13)31-11-30-15/h8-10,12H,3-7,11H2,1-2H3,(H,24,27). The number of rotatable bonds is 7. The quantitative estimate of drug-likeness (QED) is 0.363. The lowest BCUT2D eigenvalue weighted by molar-refractivity contribution is -0.115. The molecule has 11 heteroatoms. The lowest BCUT2D eigenvalue weighted by Gasteiger charge is -2.13. The summed E-state index contributed by atoms with van der Waals surface area (Å²) in [5.74, 6) is 0.970. The number of nitrogens with one attached hydrogen (secondary N) is 1. The van der Waals surface area contributed by atoms with Gasteiger partial charge in [-0.25, -0.2) is 4.79 Å². The summed E-state index contributed by atoms with van der Waals surface area (Å²) in [7, 11) is 0. The highest BCUT2D eigenvalue weighted by molar-refractivity contribution is 8.00. The van der Waals surface area contributed by atoms with Crippen molar-refractivity contribution in [3.63, 3.8) is 0 Å². The molecule has 3 heterocycles. The Bertz CT molecular complexity index is 1240. The molecule has 0 bridgehead atoms. The van der Waals surface area contributed by atoms with Gasteiger partial charge in [0.25, 0.3) is 5.22 Å².